The van der Waals surface area contributed by atoms with Crippen LogP contribution in [0.1, 0.15) is 10.4 Å². The summed E-state index contributed by atoms with van der Waals surface area (Å²) in [5.74, 6) is 1.17. The molecular weight excluding hydrogens is 273 g/mol. The standard InChI is InChI=1S/C13H7Cl2NO2/c14-8-4-2-6-10-12(8)16-11-7(13(15)17)3-1-5-9(11)18-10/h1-6,16H. The van der Waals surface area contributed by atoms with E-state index in [1.807, 2.05) is 0 Å². The molecule has 0 amide bonds. The lowest BCUT2D eigenvalue weighted by atomic mass is 10.1. The Kier molecular flexibility index (Phi) is 2.65. The van der Waals surface area contributed by atoms with Gasteiger partial charge in [0, 0.05) is 0 Å². The fourth-order valence-electron chi connectivity index (χ4n) is 1.86. The fourth-order valence-corrected chi connectivity index (χ4v) is 2.23. The molecule has 0 saturated carbocycles. The Balaban J connectivity index is 2.17. The predicted molar refractivity (Wildman–Crippen MR) is 71.4 cm³/mol. The Labute approximate surface area is 113 Å². The molecule has 0 aliphatic carbocycles. The first-order valence-corrected chi connectivity index (χ1v) is 5.98. The van der Waals surface area contributed by atoms with Gasteiger partial charge in [-0.3, -0.25) is 4.79 Å². The average molecular weight is 280 g/mol. The number of halogens is 2. The lowest BCUT2D eigenvalue weighted by molar-refractivity contribution is 0.108. The first kappa shape index (κ1) is 11.4. The molecule has 1 heterocycles. The van der Waals surface area contributed by atoms with Gasteiger partial charge in [0.05, 0.1) is 16.3 Å². The molecule has 0 unspecified atom stereocenters. The minimum atomic E-state index is -0.543. The zero-order valence-corrected chi connectivity index (χ0v) is 10.5. The zero-order valence-electron chi connectivity index (χ0n) is 9.04. The Hall–Kier alpha value is -1.71. The number of carbonyl (C=O) groups is 1. The van der Waals surface area contributed by atoms with E-state index in [4.69, 9.17) is 27.9 Å². The Morgan fingerprint density at radius 1 is 1.06 bits per heavy atom. The van der Waals surface area contributed by atoms with Crippen LogP contribution in [0.2, 0.25) is 5.02 Å². The minimum absolute atomic E-state index is 0.361. The summed E-state index contributed by atoms with van der Waals surface area (Å²) in [6.45, 7) is 0. The van der Waals surface area contributed by atoms with E-state index in [-0.39, 0.29) is 0 Å². The van der Waals surface area contributed by atoms with Crippen molar-refractivity contribution in [1.82, 2.24) is 0 Å². The first-order chi connectivity index (χ1) is 8.66. The number of fused-ring (bicyclic) bond motifs is 2. The SMILES string of the molecule is O=C(Cl)c1cccc2c1Nc1c(Cl)cccc1O2. The maximum atomic E-state index is 11.4. The summed E-state index contributed by atoms with van der Waals surface area (Å²) in [5.41, 5.74) is 1.54. The van der Waals surface area contributed by atoms with Crippen molar-refractivity contribution in [3.63, 3.8) is 0 Å². The van der Waals surface area contributed by atoms with Crippen molar-refractivity contribution in [3.05, 3.63) is 47.0 Å². The van der Waals surface area contributed by atoms with Crippen LogP contribution in [-0.2, 0) is 0 Å². The van der Waals surface area contributed by atoms with Crippen LogP contribution in [0.15, 0.2) is 36.4 Å². The van der Waals surface area contributed by atoms with Gasteiger partial charge in [-0.05, 0) is 35.9 Å². The van der Waals surface area contributed by atoms with Gasteiger partial charge in [0.25, 0.3) is 5.24 Å². The van der Waals surface area contributed by atoms with Crippen LogP contribution in [0.25, 0.3) is 0 Å². The number of anilines is 2. The van der Waals surface area contributed by atoms with Gasteiger partial charge in [-0.15, -0.1) is 0 Å². The van der Waals surface area contributed by atoms with Crippen molar-refractivity contribution >= 4 is 39.8 Å². The Morgan fingerprint density at radius 2 is 1.72 bits per heavy atom. The smallest absolute Gasteiger partial charge is 0.254 e. The summed E-state index contributed by atoms with van der Waals surface area (Å²) in [4.78, 5) is 11.4. The highest BCUT2D eigenvalue weighted by Crippen LogP contribution is 2.46. The Bertz CT molecular complexity index is 655. The third kappa shape index (κ3) is 1.72. The highest BCUT2D eigenvalue weighted by atomic mass is 35.5. The van der Waals surface area contributed by atoms with E-state index < -0.39 is 5.24 Å². The number of benzene rings is 2. The molecule has 0 spiro atoms. The van der Waals surface area contributed by atoms with Crippen LogP contribution in [0.3, 0.4) is 0 Å². The number of hydrogen-bond acceptors (Lipinski definition) is 3. The summed E-state index contributed by atoms with van der Waals surface area (Å²) in [6.07, 6.45) is 0. The van der Waals surface area contributed by atoms with E-state index in [2.05, 4.69) is 5.32 Å². The number of ether oxygens (including phenoxy) is 1. The van der Waals surface area contributed by atoms with Crippen LogP contribution in [0.5, 0.6) is 11.5 Å². The van der Waals surface area contributed by atoms with Crippen molar-refractivity contribution in [3.8, 4) is 11.5 Å². The average Bonchev–Trinajstić information content (AvgIpc) is 2.36. The van der Waals surface area contributed by atoms with Gasteiger partial charge in [0.15, 0.2) is 11.5 Å². The molecule has 5 heteroatoms. The van der Waals surface area contributed by atoms with E-state index in [1.165, 1.54) is 0 Å². The summed E-state index contributed by atoms with van der Waals surface area (Å²) < 4.78 is 5.69. The molecule has 0 aromatic heterocycles. The number of hydrogen-bond donors (Lipinski definition) is 1. The molecule has 0 fully saturated rings. The number of rotatable bonds is 1. The van der Waals surface area contributed by atoms with Crippen LogP contribution >= 0.6 is 23.2 Å². The number of carbonyl (C=O) groups excluding carboxylic acids is 1. The predicted octanol–water partition coefficient (Wildman–Crippen LogP) is 4.57. The van der Waals surface area contributed by atoms with Crippen molar-refractivity contribution in [2.24, 2.45) is 0 Å². The summed E-state index contributed by atoms with van der Waals surface area (Å²) >= 11 is 11.6. The van der Waals surface area contributed by atoms with Gasteiger partial charge in [0.2, 0.25) is 0 Å². The first-order valence-electron chi connectivity index (χ1n) is 5.23. The zero-order chi connectivity index (χ0) is 12.7. The quantitative estimate of drug-likeness (QED) is 0.663. The molecule has 18 heavy (non-hydrogen) atoms. The summed E-state index contributed by atoms with van der Waals surface area (Å²) in [7, 11) is 0. The van der Waals surface area contributed by atoms with Gasteiger partial charge < -0.3 is 10.1 Å². The van der Waals surface area contributed by atoms with Gasteiger partial charge in [0.1, 0.15) is 5.69 Å². The summed E-state index contributed by atoms with van der Waals surface area (Å²) in [6, 6.07) is 10.4. The molecule has 0 bridgehead atoms. The molecule has 1 N–H and O–H groups in total. The van der Waals surface area contributed by atoms with E-state index in [0.29, 0.717) is 33.5 Å². The van der Waals surface area contributed by atoms with Crippen molar-refractivity contribution in [2.75, 3.05) is 5.32 Å². The Morgan fingerprint density at radius 3 is 2.44 bits per heavy atom. The van der Waals surface area contributed by atoms with Gasteiger partial charge in [-0.25, -0.2) is 0 Å². The monoisotopic (exact) mass is 279 g/mol. The van der Waals surface area contributed by atoms with Gasteiger partial charge in [-0.2, -0.15) is 0 Å². The molecule has 1 aliphatic heterocycles. The molecule has 2 aromatic carbocycles. The molecule has 3 nitrogen and oxygen atoms in total. The number of para-hydroxylation sites is 2. The van der Waals surface area contributed by atoms with Gasteiger partial charge in [-0.1, -0.05) is 23.7 Å². The second kappa shape index (κ2) is 4.19. The molecular formula is C13H7Cl2NO2. The normalized spacial score (nSPS) is 11.9. The molecule has 3 rings (SSSR count). The minimum Gasteiger partial charge on any atom is -0.453 e. The third-order valence-electron chi connectivity index (χ3n) is 2.68. The van der Waals surface area contributed by atoms with Crippen LogP contribution in [-0.4, -0.2) is 5.24 Å². The maximum Gasteiger partial charge on any atom is 0.254 e. The fraction of sp³-hybridized carbons (Fsp3) is 0. The maximum absolute atomic E-state index is 11.4. The van der Waals surface area contributed by atoms with Crippen LogP contribution in [0.4, 0.5) is 11.4 Å². The second-order valence-corrected chi connectivity index (χ2v) is 4.54. The summed E-state index contributed by atoms with van der Waals surface area (Å²) in [5, 5.41) is 3.08. The van der Waals surface area contributed by atoms with E-state index in [1.54, 1.807) is 36.4 Å². The molecule has 0 saturated heterocycles. The molecule has 0 atom stereocenters. The third-order valence-corrected chi connectivity index (χ3v) is 3.20. The van der Waals surface area contributed by atoms with Gasteiger partial charge >= 0.3 is 0 Å². The topological polar surface area (TPSA) is 38.3 Å². The van der Waals surface area contributed by atoms with E-state index >= 15 is 0 Å². The highest BCUT2D eigenvalue weighted by Gasteiger charge is 2.22. The molecule has 0 radical (unpaired) electrons. The van der Waals surface area contributed by atoms with Crippen molar-refractivity contribution in [1.29, 1.82) is 0 Å². The molecule has 1 aliphatic rings. The highest BCUT2D eigenvalue weighted by molar-refractivity contribution is 6.68. The second-order valence-electron chi connectivity index (χ2n) is 3.79. The van der Waals surface area contributed by atoms with Crippen molar-refractivity contribution in [2.45, 2.75) is 0 Å². The van der Waals surface area contributed by atoms with Crippen molar-refractivity contribution < 1.29 is 9.53 Å². The van der Waals surface area contributed by atoms with Crippen LogP contribution in [0, 0.1) is 0 Å². The molecule has 2 aromatic rings. The largest absolute Gasteiger partial charge is 0.453 e. The lowest BCUT2D eigenvalue weighted by Gasteiger charge is -2.23. The molecule has 90 valence electrons. The van der Waals surface area contributed by atoms with E-state index in [9.17, 15) is 4.79 Å². The van der Waals surface area contributed by atoms with Crippen LogP contribution < -0.4 is 10.1 Å². The van der Waals surface area contributed by atoms with E-state index in [0.717, 1.165) is 0 Å². The lowest BCUT2D eigenvalue weighted by Crippen LogP contribution is -2.07. The number of nitrogens with one attached hydrogen (secondary N) is 1.